The Morgan fingerprint density at radius 2 is 1.88 bits per heavy atom. The second kappa shape index (κ2) is 7.91. The minimum atomic E-state index is -0.0991. The Morgan fingerprint density at radius 1 is 1.15 bits per heavy atom. The van der Waals surface area contributed by atoms with Gasteiger partial charge in [-0.25, -0.2) is 4.98 Å². The van der Waals surface area contributed by atoms with E-state index in [9.17, 15) is 9.59 Å². The van der Waals surface area contributed by atoms with Crippen molar-refractivity contribution in [3.8, 4) is 0 Å². The minimum absolute atomic E-state index is 0.0530. The predicted molar refractivity (Wildman–Crippen MR) is 102 cm³/mol. The molecule has 2 aliphatic heterocycles. The highest BCUT2D eigenvalue weighted by atomic mass is 16.1. The van der Waals surface area contributed by atoms with Crippen LogP contribution in [0.25, 0.3) is 0 Å². The van der Waals surface area contributed by atoms with Gasteiger partial charge in [-0.05, 0) is 44.7 Å². The molecule has 2 saturated heterocycles. The van der Waals surface area contributed by atoms with Crippen LogP contribution < -0.4 is 10.9 Å². The molecule has 0 bridgehead atoms. The van der Waals surface area contributed by atoms with E-state index in [2.05, 4.69) is 36.0 Å². The molecular formula is C20H32N4O2. The van der Waals surface area contributed by atoms with Gasteiger partial charge in [0.15, 0.2) is 0 Å². The van der Waals surface area contributed by atoms with Crippen molar-refractivity contribution in [3.63, 3.8) is 0 Å². The van der Waals surface area contributed by atoms with Crippen LogP contribution in [0.2, 0.25) is 0 Å². The molecule has 1 atom stereocenters. The van der Waals surface area contributed by atoms with Gasteiger partial charge in [0.1, 0.15) is 0 Å². The fourth-order valence-corrected chi connectivity index (χ4v) is 3.93. The Morgan fingerprint density at radius 3 is 2.50 bits per heavy atom. The first-order valence-electron chi connectivity index (χ1n) is 9.90. The largest absolute Gasteiger partial charge is 0.352 e. The molecule has 1 aromatic rings. The molecule has 1 amide bonds. The average Bonchev–Trinajstić information content (AvgIpc) is 2.57. The van der Waals surface area contributed by atoms with Crippen molar-refractivity contribution < 1.29 is 4.79 Å². The number of hydrogen-bond donors (Lipinski definition) is 1. The van der Waals surface area contributed by atoms with E-state index in [1.54, 1.807) is 17.0 Å². The topological polar surface area (TPSA) is 67.2 Å². The van der Waals surface area contributed by atoms with Crippen molar-refractivity contribution in [1.29, 1.82) is 0 Å². The smallest absolute Gasteiger partial charge is 0.253 e. The van der Waals surface area contributed by atoms with Crippen LogP contribution in [0.3, 0.4) is 0 Å². The first-order valence-corrected chi connectivity index (χ1v) is 9.90. The lowest BCUT2D eigenvalue weighted by molar-refractivity contribution is -0.123. The highest BCUT2D eigenvalue weighted by molar-refractivity contribution is 5.76. The van der Waals surface area contributed by atoms with Gasteiger partial charge in [0.05, 0.1) is 12.0 Å². The average molecular weight is 361 g/mol. The lowest BCUT2D eigenvalue weighted by atomic mass is 9.92. The quantitative estimate of drug-likeness (QED) is 0.891. The molecule has 144 valence electrons. The summed E-state index contributed by atoms with van der Waals surface area (Å²) in [5, 5.41) is 3.11. The van der Waals surface area contributed by atoms with Gasteiger partial charge < -0.3 is 10.2 Å². The molecule has 0 spiro atoms. The van der Waals surface area contributed by atoms with Crippen molar-refractivity contribution in [1.82, 2.24) is 19.8 Å². The third-order valence-electron chi connectivity index (χ3n) is 5.61. The molecular weight excluding hydrogens is 328 g/mol. The van der Waals surface area contributed by atoms with Crippen molar-refractivity contribution in [3.05, 3.63) is 28.4 Å². The molecule has 2 aliphatic rings. The van der Waals surface area contributed by atoms with E-state index in [0.29, 0.717) is 18.4 Å². The van der Waals surface area contributed by atoms with Crippen LogP contribution in [0.15, 0.2) is 17.2 Å². The monoisotopic (exact) mass is 360 g/mol. The Hall–Kier alpha value is -1.69. The fraction of sp³-hybridized carbons (Fsp3) is 0.750. The molecule has 3 rings (SSSR count). The van der Waals surface area contributed by atoms with Crippen LogP contribution >= 0.6 is 0 Å². The Labute approximate surface area is 156 Å². The van der Waals surface area contributed by atoms with Gasteiger partial charge in [-0.3, -0.25) is 14.2 Å². The van der Waals surface area contributed by atoms with Gasteiger partial charge >= 0.3 is 0 Å². The summed E-state index contributed by atoms with van der Waals surface area (Å²) in [5.74, 6) is 0.717. The van der Waals surface area contributed by atoms with E-state index >= 15 is 0 Å². The van der Waals surface area contributed by atoms with Crippen LogP contribution in [-0.2, 0) is 16.8 Å². The van der Waals surface area contributed by atoms with Crippen LogP contribution in [0.5, 0.6) is 0 Å². The number of nitrogens with one attached hydrogen (secondary N) is 1. The molecule has 1 N–H and O–H groups in total. The van der Waals surface area contributed by atoms with Gasteiger partial charge in [0, 0.05) is 37.0 Å². The van der Waals surface area contributed by atoms with Crippen molar-refractivity contribution in [2.24, 2.45) is 5.92 Å². The molecule has 2 fully saturated rings. The lowest BCUT2D eigenvalue weighted by Crippen LogP contribution is -2.48. The summed E-state index contributed by atoms with van der Waals surface area (Å²) in [6.07, 6.45) is 6.67. The number of carbonyl (C=O) groups is 1. The second-order valence-corrected chi connectivity index (χ2v) is 8.92. The van der Waals surface area contributed by atoms with E-state index < -0.39 is 0 Å². The standard InChI is InChI=1S/C20H32N4O2/c1-20(2,3)17-11-19(26)24(14-21-17)12-15-7-9-23(10-8-15)13-16-5-4-6-18(25)22-16/h11,14-16H,4-10,12-13H2,1-3H3,(H,22,25). The van der Waals surface area contributed by atoms with Gasteiger partial charge in [-0.15, -0.1) is 0 Å². The molecule has 0 aliphatic carbocycles. The summed E-state index contributed by atoms with van der Waals surface area (Å²) in [7, 11) is 0. The summed E-state index contributed by atoms with van der Waals surface area (Å²) >= 11 is 0. The van der Waals surface area contributed by atoms with Crippen molar-refractivity contribution in [2.45, 2.75) is 70.9 Å². The Balaban J connectivity index is 1.49. The van der Waals surface area contributed by atoms with Gasteiger partial charge in [-0.2, -0.15) is 0 Å². The van der Waals surface area contributed by atoms with E-state index in [4.69, 9.17) is 0 Å². The summed E-state index contributed by atoms with van der Waals surface area (Å²) < 4.78 is 1.76. The summed E-state index contributed by atoms with van der Waals surface area (Å²) in [4.78, 5) is 30.9. The summed E-state index contributed by atoms with van der Waals surface area (Å²) in [6.45, 7) is 10.0. The van der Waals surface area contributed by atoms with E-state index in [1.807, 2.05) is 0 Å². The summed E-state index contributed by atoms with van der Waals surface area (Å²) in [5.41, 5.74) is 0.804. The van der Waals surface area contributed by atoms with E-state index in [0.717, 1.165) is 57.6 Å². The fourth-order valence-electron chi connectivity index (χ4n) is 3.93. The molecule has 6 heteroatoms. The number of amides is 1. The second-order valence-electron chi connectivity index (χ2n) is 8.92. The maximum Gasteiger partial charge on any atom is 0.253 e. The number of aromatic nitrogens is 2. The molecule has 6 nitrogen and oxygen atoms in total. The minimum Gasteiger partial charge on any atom is -0.352 e. The van der Waals surface area contributed by atoms with Gasteiger partial charge in [-0.1, -0.05) is 20.8 Å². The van der Waals surface area contributed by atoms with Gasteiger partial charge in [0.25, 0.3) is 5.56 Å². The number of carbonyl (C=O) groups excluding carboxylic acids is 1. The van der Waals surface area contributed by atoms with Crippen LogP contribution in [0.1, 0.15) is 58.6 Å². The van der Waals surface area contributed by atoms with Crippen LogP contribution in [0, 0.1) is 5.92 Å². The summed E-state index contributed by atoms with van der Waals surface area (Å²) in [6, 6.07) is 1.99. The molecule has 1 unspecified atom stereocenters. The first-order chi connectivity index (χ1) is 12.3. The Bertz CT molecular complexity index is 684. The molecule has 1 aromatic heterocycles. The van der Waals surface area contributed by atoms with Crippen molar-refractivity contribution >= 4 is 5.91 Å². The molecule has 0 radical (unpaired) electrons. The maximum absolute atomic E-state index is 12.4. The normalized spacial score (nSPS) is 23.0. The third kappa shape index (κ3) is 4.93. The zero-order valence-electron chi connectivity index (χ0n) is 16.3. The van der Waals surface area contributed by atoms with Crippen LogP contribution in [0.4, 0.5) is 0 Å². The molecule has 0 saturated carbocycles. The maximum atomic E-state index is 12.4. The SMILES string of the molecule is CC(C)(C)c1cc(=O)n(CC2CCN(CC3CCCC(=O)N3)CC2)cn1. The van der Waals surface area contributed by atoms with E-state index in [1.165, 1.54) is 0 Å². The highest BCUT2D eigenvalue weighted by Crippen LogP contribution is 2.21. The molecule has 26 heavy (non-hydrogen) atoms. The lowest BCUT2D eigenvalue weighted by Gasteiger charge is -2.35. The number of likely N-dealkylation sites (tertiary alicyclic amines) is 1. The molecule has 0 aromatic carbocycles. The third-order valence-corrected chi connectivity index (χ3v) is 5.61. The van der Waals surface area contributed by atoms with Crippen LogP contribution in [-0.4, -0.2) is 46.0 Å². The van der Waals surface area contributed by atoms with E-state index in [-0.39, 0.29) is 16.9 Å². The first kappa shape index (κ1) is 19.1. The number of rotatable bonds is 4. The predicted octanol–water partition coefficient (Wildman–Crippen LogP) is 1.92. The number of hydrogen-bond acceptors (Lipinski definition) is 4. The van der Waals surface area contributed by atoms with Crippen molar-refractivity contribution in [2.75, 3.05) is 19.6 Å². The zero-order valence-corrected chi connectivity index (χ0v) is 16.3. The number of nitrogens with zero attached hydrogens (tertiary/aromatic N) is 3. The molecule has 3 heterocycles. The number of piperidine rings is 2. The van der Waals surface area contributed by atoms with Gasteiger partial charge in [0.2, 0.25) is 5.91 Å². The zero-order chi connectivity index (χ0) is 18.7. The Kier molecular flexibility index (Phi) is 5.80. The highest BCUT2D eigenvalue weighted by Gasteiger charge is 2.25.